The number of fused-ring (bicyclic) bond motifs is 3. The molecule has 2 amide bonds. The van der Waals surface area contributed by atoms with Gasteiger partial charge < -0.3 is 14.8 Å². The van der Waals surface area contributed by atoms with Gasteiger partial charge in [-0.15, -0.1) is 11.3 Å². The van der Waals surface area contributed by atoms with E-state index in [1.807, 2.05) is 42.7 Å². The van der Waals surface area contributed by atoms with Crippen molar-refractivity contribution in [3.05, 3.63) is 47.0 Å². The van der Waals surface area contributed by atoms with E-state index in [0.29, 0.717) is 52.4 Å². The normalized spacial score (nSPS) is 27.2. The van der Waals surface area contributed by atoms with E-state index >= 15 is 0 Å². The average Bonchev–Trinajstić information content (AvgIpc) is 3.98. The van der Waals surface area contributed by atoms with Gasteiger partial charge in [-0.3, -0.25) is 14.3 Å². The molecule has 1 aromatic carbocycles. The molecule has 0 radical (unpaired) electrons. The summed E-state index contributed by atoms with van der Waals surface area (Å²) in [6.07, 6.45) is 7.88. The summed E-state index contributed by atoms with van der Waals surface area (Å²) in [5.41, 5.74) is 1.50. The summed E-state index contributed by atoms with van der Waals surface area (Å²) < 4.78 is 69.2. The number of sulfonamides is 2. The molecule has 2 aliphatic carbocycles. The molecule has 2 aromatic heterocycles. The summed E-state index contributed by atoms with van der Waals surface area (Å²) in [6.45, 7) is 5.97. The maximum absolute atomic E-state index is 14.2. The Bertz CT molecular complexity index is 2160. The average molecular weight is 786 g/mol. The molecule has 2 saturated carbocycles. The lowest BCUT2D eigenvalue weighted by Gasteiger charge is -2.26. The minimum Gasteiger partial charge on any atom is -0.496 e. The third-order valence-electron chi connectivity index (χ3n) is 10.7. The van der Waals surface area contributed by atoms with Crippen LogP contribution >= 0.6 is 11.3 Å². The van der Waals surface area contributed by atoms with Crippen molar-refractivity contribution in [1.82, 2.24) is 24.3 Å². The van der Waals surface area contributed by atoms with Gasteiger partial charge >= 0.3 is 0 Å². The summed E-state index contributed by atoms with van der Waals surface area (Å²) in [5, 5.41) is 5.64. The van der Waals surface area contributed by atoms with Crippen LogP contribution < -0.4 is 19.5 Å². The molecule has 7 rings (SSSR count). The van der Waals surface area contributed by atoms with Crippen LogP contribution in [0.15, 0.2) is 35.7 Å². The minimum atomic E-state index is -3.92. The van der Waals surface area contributed by atoms with Crippen molar-refractivity contribution in [2.45, 2.75) is 107 Å². The van der Waals surface area contributed by atoms with E-state index in [1.165, 1.54) is 15.6 Å². The Kier molecular flexibility index (Phi) is 10.4. The van der Waals surface area contributed by atoms with Crippen LogP contribution in [0.5, 0.6) is 11.5 Å². The Morgan fingerprint density at radius 2 is 1.91 bits per heavy atom. The SMILES string of the molecule is COc1ccc2c(O[C@@H]3C[C@H]4C(=O)N[C@]5(C(=O)NS(=O)(=O)C6CC6)C[C@H]5/C=C\CCCCCCS(=O)(=O)N4C3)cc(-c3nc(C(C)C)cs3)nc2c1C. The predicted octanol–water partition coefficient (Wildman–Crippen LogP) is 4.95. The van der Waals surface area contributed by atoms with Crippen LogP contribution in [0.25, 0.3) is 21.6 Å². The van der Waals surface area contributed by atoms with E-state index < -0.39 is 60.7 Å². The number of pyridine rings is 1. The fraction of sp³-hybridized carbons (Fsp3) is 0.568. The third kappa shape index (κ3) is 7.69. The molecule has 4 atom stereocenters. The summed E-state index contributed by atoms with van der Waals surface area (Å²) in [6, 6.07) is 4.32. The first-order valence-corrected chi connectivity index (χ1v) is 22.4. The second kappa shape index (κ2) is 14.6. The zero-order valence-electron chi connectivity index (χ0n) is 30.5. The zero-order valence-corrected chi connectivity index (χ0v) is 32.9. The minimum absolute atomic E-state index is 0.0205. The number of hydrogen-bond donors (Lipinski definition) is 2. The van der Waals surface area contributed by atoms with E-state index in [4.69, 9.17) is 19.4 Å². The number of ether oxygens (including phenoxy) is 2. The Hall–Kier alpha value is -3.60. The largest absolute Gasteiger partial charge is 0.496 e. The van der Waals surface area contributed by atoms with Crippen molar-refractivity contribution in [2.24, 2.45) is 5.92 Å². The van der Waals surface area contributed by atoms with E-state index in [1.54, 1.807) is 7.11 Å². The number of nitrogens with one attached hydrogen (secondary N) is 2. The molecule has 13 nitrogen and oxygen atoms in total. The summed E-state index contributed by atoms with van der Waals surface area (Å²) in [4.78, 5) is 37.7. The van der Waals surface area contributed by atoms with Crippen LogP contribution in [0.2, 0.25) is 0 Å². The third-order valence-corrected chi connectivity index (χ3v) is 15.4. The summed E-state index contributed by atoms with van der Waals surface area (Å²) >= 11 is 1.48. The number of hydrogen-bond acceptors (Lipinski definition) is 11. The zero-order chi connectivity index (χ0) is 37.7. The van der Waals surface area contributed by atoms with Crippen LogP contribution in [0.1, 0.15) is 88.8 Å². The Labute approximate surface area is 315 Å². The number of aryl methyl sites for hydroxylation is 1. The Morgan fingerprint density at radius 3 is 2.62 bits per heavy atom. The first kappa shape index (κ1) is 37.7. The van der Waals surface area contributed by atoms with E-state index in [2.05, 4.69) is 23.9 Å². The van der Waals surface area contributed by atoms with Crippen LogP contribution in [0.3, 0.4) is 0 Å². The van der Waals surface area contributed by atoms with Gasteiger partial charge in [0.15, 0.2) is 0 Å². The molecule has 0 spiro atoms. The van der Waals surface area contributed by atoms with Crippen LogP contribution in [0.4, 0.5) is 0 Å². The number of thiazole rings is 1. The van der Waals surface area contributed by atoms with Crippen molar-refractivity contribution >= 4 is 54.1 Å². The fourth-order valence-corrected chi connectivity index (χ4v) is 11.4. The molecule has 1 saturated heterocycles. The number of allylic oxidation sites excluding steroid dienone is 1. The number of rotatable bonds is 8. The smallest absolute Gasteiger partial charge is 0.259 e. The fourth-order valence-electron chi connectivity index (χ4n) is 7.30. The quantitative estimate of drug-likeness (QED) is 0.298. The van der Waals surface area contributed by atoms with Gasteiger partial charge in [0.1, 0.15) is 39.9 Å². The number of carbonyl (C=O) groups is 2. The number of carbonyl (C=O) groups excluding carboxylic acids is 2. The van der Waals surface area contributed by atoms with Gasteiger partial charge in [-0.2, -0.15) is 4.31 Å². The second-order valence-electron chi connectivity index (χ2n) is 15.0. The standard InChI is InChI=1S/C37H47N5O8S3/c1-22(2)29-21-51-35(39-29)28-18-32(27-14-15-31(49-4)23(3)33(27)38-28)50-25-17-30-34(43)40-37(36(44)41-53(47,48)26-12-13-26)19-24(37)11-9-7-5-6-8-10-16-52(45,46)42(30)20-25/h9,11,14-15,18,21-22,24-26,30H,5-8,10,12-13,16-17,19-20H2,1-4H3,(H,40,43)(H,41,44)/b11-9-/t24-,25-,30+,37-/m1/s1. The van der Waals surface area contributed by atoms with Crippen molar-refractivity contribution in [3.63, 3.8) is 0 Å². The number of nitrogens with zero attached hydrogens (tertiary/aromatic N) is 3. The lowest BCUT2D eigenvalue weighted by molar-refractivity contribution is -0.131. The first-order valence-electron chi connectivity index (χ1n) is 18.4. The van der Waals surface area contributed by atoms with E-state index in [-0.39, 0.29) is 31.1 Å². The lowest BCUT2D eigenvalue weighted by Crippen LogP contribution is -2.56. The highest BCUT2D eigenvalue weighted by Crippen LogP contribution is 2.46. The molecule has 16 heteroatoms. The number of methoxy groups -OCH3 is 1. The van der Waals surface area contributed by atoms with E-state index in [0.717, 1.165) is 36.9 Å². The maximum Gasteiger partial charge on any atom is 0.259 e. The van der Waals surface area contributed by atoms with Gasteiger partial charge in [0.2, 0.25) is 26.0 Å². The Morgan fingerprint density at radius 1 is 1.13 bits per heavy atom. The van der Waals surface area contributed by atoms with Gasteiger partial charge in [0.25, 0.3) is 5.91 Å². The van der Waals surface area contributed by atoms with Crippen LogP contribution in [-0.4, -0.2) is 85.3 Å². The lowest BCUT2D eigenvalue weighted by atomic mass is 10.1. The molecule has 0 bridgehead atoms. The molecule has 3 aromatic rings. The molecule has 2 aliphatic heterocycles. The van der Waals surface area contributed by atoms with Gasteiger partial charge in [0, 0.05) is 34.7 Å². The summed E-state index contributed by atoms with van der Waals surface area (Å²) in [5.74, 6) is -0.650. The monoisotopic (exact) mass is 785 g/mol. The Balaban J connectivity index is 1.22. The van der Waals surface area contributed by atoms with Gasteiger partial charge in [-0.1, -0.05) is 38.8 Å². The molecule has 4 aliphatic rings. The molecular weight excluding hydrogens is 739 g/mol. The molecule has 3 fully saturated rings. The van der Waals surface area contributed by atoms with E-state index in [9.17, 15) is 26.4 Å². The predicted molar refractivity (Wildman–Crippen MR) is 203 cm³/mol. The summed E-state index contributed by atoms with van der Waals surface area (Å²) in [7, 11) is -6.21. The van der Waals surface area contributed by atoms with Crippen molar-refractivity contribution in [2.75, 3.05) is 19.4 Å². The van der Waals surface area contributed by atoms with Crippen molar-refractivity contribution in [1.29, 1.82) is 0 Å². The van der Waals surface area contributed by atoms with Gasteiger partial charge in [-0.25, -0.2) is 26.8 Å². The number of aromatic nitrogens is 2. The van der Waals surface area contributed by atoms with Gasteiger partial charge in [-0.05, 0) is 63.5 Å². The first-order chi connectivity index (χ1) is 25.2. The number of amides is 2. The topological polar surface area (TPSA) is 174 Å². The van der Waals surface area contributed by atoms with Crippen LogP contribution in [-0.2, 0) is 29.6 Å². The number of benzene rings is 1. The molecule has 4 heterocycles. The maximum atomic E-state index is 14.2. The second-order valence-corrected chi connectivity index (χ2v) is 19.8. The highest BCUT2D eigenvalue weighted by Gasteiger charge is 2.62. The van der Waals surface area contributed by atoms with Crippen LogP contribution in [0, 0.1) is 12.8 Å². The van der Waals surface area contributed by atoms with Gasteiger partial charge in [0.05, 0.1) is 35.9 Å². The molecule has 2 N–H and O–H groups in total. The van der Waals surface area contributed by atoms with Crippen molar-refractivity contribution in [3.8, 4) is 22.2 Å². The highest BCUT2D eigenvalue weighted by molar-refractivity contribution is 7.91. The molecular formula is C37H47N5O8S3. The highest BCUT2D eigenvalue weighted by atomic mass is 32.2. The molecule has 286 valence electrons. The van der Waals surface area contributed by atoms with Crippen molar-refractivity contribution < 1.29 is 35.9 Å². The molecule has 53 heavy (non-hydrogen) atoms. The molecule has 0 unspecified atom stereocenters.